The molecular weight excluding hydrogens is 182 g/mol. The van der Waals surface area contributed by atoms with Crippen LogP contribution in [0.2, 0.25) is 0 Å². The second kappa shape index (κ2) is 9.31. The van der Waals surface area contributed by atoms with Gasteiger partial charge in [-0.25, -0.2) is 4.98 Å². The first-order chi connectivity index (χ1) is 6.61. The van der Waals surface area contributed by atoms with Crippen molar-refractivity contribution >= 4 is 18.0 Å². The predicted octanol–water partition coefficient (Wildman–Crippen LogP) is 1.28. The van der Waals surface area contributed by atoms with Crippen molar-refractivity contribution in [3.05, 3.63) is 17.8 Å². The van der Waals surface area contributed by atoms with E-state index in [1.807, 2.05) is 26.8 Å². The number of rotatable bonds is 0. The van der Waals surface area contributed by atoms with E-state index in [-0.39, 0.29) is 6.47 Å². The van der Waals surface area contributed by atoms with E-state index in [0.29, 0.717) is 11.5 Å². The molecule has 0 bridgehead atoms. The zero-order chi connectivity index (χ0) is 11.6. The molecule has 14 heavy (non-hydrogen) atoms. The van der Waals surface area contributed by atoms with Crippen LogP contribution >= 0.6 is 0 Å². The summed E-state index contributed by atoms with van der Waals surface area (Å²) in [4.78, 5) is 12.3. The Kier molecular flexibility index (Phi) is 9.79. The number of hydrogen-bond acceptors (Lipinski definition) is 4. The van der Waals surface area contributed by atoms with Gasteiger partial charge in [0.1, 0.15) is 5.82 Å². The van der Waals surface area contributed by atoms with Crippen LogP contribution in [0.25, 0.3) is 0 Å². The summed E-state index contributed by atoms with van der Waals surface area (Å²) in [6.45, 7) is 5.62. The number of hydrogen-bond donors (Lipinski definition) is 3. The monoisotopic (exact) mass is 199 g/mol. The summed E-state index contributed by atoms with van der Waals surface area (Å²) in [7, 11) is 0. The summed E-state index contributed by atoms with van der Waals surface area (Å²) >= 11 is 0. The maximum Gasteiger partial charge on any atom is 0.290 e. The van der Waals surface area contributed by atoms with Crippen LogP contribution in [0.5, 0.6) is 0 Å². The molecule has 80 valence electrons. The zero-order valence-corrected chi connectivity index (χ0v) is 8.69. The number of aromatic nitrogens is 1. The van der Waals surface area contributed by atoms with Crippen molar-refractivity contribution in [2.45, 2.75) is 20.8 Å². The van der Waals surface area contributed by atoms with Crippen LogP contribution < -0.4 is 11.5 Å². The maximum atomic E-state index is 8.36. The standard InChI is InChI=1S/C6H9N3.C2H6.CH2O2/c1-4-2-3-5(7)6(8)9-4;1-2;2-1-3/h2-3H,7H2,1H3,(H2,8,9);1-2H3;1H,(H,2,3). The van der Waals surface area contributed by atoms with Gasteiger partial charge >= 0.3 is 0 Å². The highest BCUT2D eigenvalue weighted by Crippen LogP contribution is 2.09. The van der Waals surface area contributed by atoms with Gasteiger partial charge in [-0.05, 0) is 19.1 Å². The van der Waals surface area contributed by atoms with E-state index >= 15 is 0 Å². The molecule has 1 rings (SSSR count). The second-order valence-electron chi connectivity index (χ2n) is 2.03. The highest BCUT2D eigenvalue weighted by atomic mass is 16.3. The molecular formula is C9H17N3O2. The van der Waals surface area contributed by atoms with Crippen LogP contribution in [-0.2, 0) is 4.79 Å². The molecule has 5 nitrogen and oxygen atoms in total. The van der Waals surface area contributed by atoms with Crippen molar-refractivity contribution in [1.82, 2.24) is 4.98 Å². The van der Waals surface area contributed by atoms with Gasteiger partial charge in [-0.1, -0.05) is 13.8 Å². The minimum Gasteiger partial charge on any atom is -0.483 e. The molecule has 1 aromatic rings. The SMILES string of the molecule is CC.Cc1ccc(N)c(N)n1.O=CO. The molecule has 0 fully saturated rings. The normalized spacial score (nSPS) is 7.36. The molecule has 0 amide bonds. The highest BCUT2D eigenvalue weighted by molar-refractivity contribution is 5.57. The number of carboxylic acid groups (broad SMARTS) is 1. The topological polar surface area (TPSA) is 102 Å². The summed E-state index contributed by atoms with van der Waals surface area (Å²) in [6.07, 6.45) is 0. The van der Waals surface area contributed by atoms with E-state index in [9.17, 15) is 0 Å². The Bertz CT molecular complexity index is 264. The van der Waals surface area contributed by atoms with Crippen LogP contribution in [0, 0.1) is 6.92 Å². The number of nitrogens with zero attached hydrogens (tertiary/aromatic N) is 1. The van der Waals surface area contributed by atoms with E-state index in [4.69, 9.17) is 21.4 Å². The van der Waals surface area contributed by atoms with Gasteiger partial charge in [0.15, 0.2) is 0 Å². The van der Waals surface area contributed by atoms with Crippen LogP contribution in [0.15, 0.2) is 12.1 Å². The number of nitrogens with two attached hydrogens (primary N) is 2. The molecule has 0 atom stereocenters. The molecule has 0 aliphatic carbocycles. The van der Waals surface area contributed by atoms with Gasteiger partial charge < -0.3 is 16.6 Å². The Morgan fingerprint density at radius 3 is 2.07 bits per heavy atom. The molecule has 0 radical (unpaired) electrons. The number of nitrogen functional groups attached to an aromatic ring is 2. The molecule has 0 aromatic carbocycles. The molecule has 0 unspecified atom stereocenters. The van der Waals surface area contributed by atoms with Gasteiger partial charge in [-0.15, -0.1) is 0 Å². The lowest BCUT2D eigenvalue weighted by Gasteiger charge is -1.97. The third-order valence-corrected chi connectivity index (χ3v) is 1.10. The number of carbonyl (C=O) groups is 1. The van der Waals surface area contributed by atoms with Crippen molar-refractivity contribution in [2.24, 2.45) is 0 Å². The molecule has 0 spiro atoms. The summed E-state index contributed by atoms with van der Waals surface area (Å²) in [6, 6.07) is 3.57. The average Bonchev–Trinajstić information content (AvgIpc) is 2.17. The molecule has 1 heterocycles. The second-order valence-corrected chi connectivity index (χ2v) is 2.03. The van der Waals surface area contributed by atoms with E-state index in [0.717, 1.165) is 5.69 Å². The fourth-order valence-corrected chi connectivity index (χ4v) is 0.588. The quantitative estimate of drug-likeness (QED) is 0.546. The first-order valence-electron chi connectivity index (χ1n) is 4.18. The molecule has 5 heteroatoms. The lowest BCUT2D eigenvalue weighted by molar-refractivity contribution is -0.122. The van der Waals surface area contributed by atoms with Crippen molar-refractivity contribution in [3.63, 3.8) is 0 Å². The number of pyridine rings is 1. The Balaban J connectivity index is 0. The van der Waals surface area contributed by atoms with E-state index in [1.54, 1.807) is 6.07 Å². The van der Waals surface area contributed by atoms with E-state index in [2.05, 4.69) is 4.98 Å². The zero-order valence-electron chi connectivity index (χ0n) is 8.69. The van der Waals surface area contributed by atoms with Crippen LogP contribution in [0.1, 0.15) is 19.5 Å². The molecule has 0 aliphatic rings. The van der Waals surface area contributed by atoms with Gasteiger partial charge in [0.2, 0.25) is 0 Å². The Morgan fingerprint density at radius 1 is 1.36 bits per heavy atom. The van der Waals surface area contributed by atoms with Crippen LogP contribution in [0.4, 0.5) is 11.5 Å². The van der Waals surface area contributed by atoms with Gasteiger partial charge in [0, 0.05) is 5.69 Å². The van der Waals surface area contributed by atoms with Crippen molar-refractivity contribution in [3.8, 4) is 0 Å². The Hall–Kier alpha value is -1.78. The Morgan fingerprint density at radius 2 is 1.79 bits per heavy atom. The summed E-state index contributed by atoms with van der Waals surface area (Å²) in [5.74, 6) is 0.412. The van der Waals surface area contributed by atoms with Gasteiger partial charge in [-0.3, -0.25) is 4.79 Å². The summed E-state index contributed by atoms with van der Waals surface area (Å²) in [5.41, 5.74) is 12.2. The lowest BCUT2D eigenvalue weighted by Crippen LogP contribution is -1.97. The van der Waals surface area contributed by atoms with Gasteiger partial charge in [0.25, 0.3) is 6.47 Å². The minimum absolute atomic E-state index is 0.250. The maximum absolute atomic E-state index is 8.36. The molecule has 1 aromatic heterocycles. The largest absolute Gasteiger partial charge is 0.483 e. The third-order valence-electron chi connectivity index (χ3n) is 1.10. The lowest BCUT2D eigenvalue weighted by atomic mass is 10.3. The summed E-state index contributed by atoms with van der Waals surface area (Å²) < 4.78 is 0. The smallest absolute Gasteiger partial charge is 0.290 e. The minimum atomic E-state index is -0.250. The predicted molar refractivity (Wildman–Crippen MR) is 57.8 cm³/mol. The first-order valence-corrected chi connectivity index (χ1v) is 4.18. The first kappa shape index (κ1) is 14.7. The Labute approximate surface area is 83.8 Å². The van der Waals surface area contributed by atoms with E-state index < -0.39 is 0 Å². The van der Waals surface area contributed by atoms with Gasteiger partial charge in [0.05, 0.1) is 5.69 Å². The molecule has 0 saturated heterocycles. The van der Waals surface area contributed by atoms with Crippen LogP contribution in [0.3, 0.4) is 0 Å². The summed E-state index contributed by atoms with van der Waals surface area (Å²) in [5, 5.41) is 6.89. The fraction of sp³-hybridized carbons (Fsp3) is 0.333. The third kappa shape index (κ3) is 6.90. The van der Waals surface area contributed by atoms with Crippen LogP contribution in [-0.4, -0.2) is 16.6 Å². The van der Waals surface area contributed by atoms with Crippen molar-refractivity contribution in [2.75, 3.05) is 11.5 Å². The fourth-order valence-electron chi connectivity index (χ4n) is 0.588. The van der Waals surface area contributed by atoms with E-state index in [1.165, 1.54) is 0 Å². The number of anilines is 2. The van der Waals surface area contributed by atoms with Gasteiger partial charge in [-0.2, -0.15) is 0 Å². The van der Waals surface area contributed by atoms with Crippen molar-refractivity contribution in [1.29, 1.82) is 0 Å². The number of aryl methyl sites for hydroxylation is 1. The van der Waals surface area contributed by atoms with Crippen molar-refractivity contribution < 1.29 is 9.90 Å². The highest BCUT2D eigenvalue weighted by Gasteiger charge is 1.92. The molecule has 0 saturated carbocycles. The molecule has 0 aliphatic heterocycles. The average molecular weight is 199 g/mol. The molecule has 5 N–H and O–H groups in total.